The molecular weight excluding hydrogens is 433 g/mol. The number of aryl methyl sites for hydroxylation is 1. The van der Waals surface area contributed by atoms with Crippen LogP contribution in [0, 0.1) is 13.8 Å². The van der Waals surface area contributed by atoms with Gasteiger partial charge in [0.15, 0.2) is 5.17 Å². The lowest BCUT2D eigenvalue weighted by molar-refractivity contribution is -0.137. The second kappa shape index (κ2) is 7.69. The third-order valence-corrected chi connectivity index (χ3v) is 7.22. The van der Waals surface area contributed by atoms with E-state index in [1.54, 1.807) is 28.6 Å². The Hall–Kier alpha value is -2.74. The number of thioether (sulfide) groups is 1. The quantitative estimate of drug-likeness (QED) is 0.478. The predicted molar refractivity (Wildman–Crippen MR) is 121 cm³/mol. The number of benzene rings is 1. The third-order valence-electron chi connectivity index (χ3n) is 6.12. The molecule has 2 aliphatic heterocycles. The molecule has 0 spiro atoms. The Balaban J connectivity index is 1.65. The zero-order valence-corrected chi connectivity index (χ0v) is 18.8. The number of hydrogen-bond donors (Lipinski definition) is 0. The normalized spacial score (nSPS) is 22.9. The van der Waals surface area contributed by atoms with Gasteiger partial charge in [0.05, 0.1) is 23.0 Å². The van der Waals surface area contributed by atoms with E-state index in [0.29, 0.717) is 5.25 Å². The van der Waals surface area contributed by atoms with Crippen molar-refractivity contribution in [1.29, 1.82) is 0 Å². The molecule has 3 unspecified atom stereocenters. The number of amidine groups is 1. The molecule has 1 fully saturated rings. The number of hydrogen-bond acceptors (Lipinski definition) is 4. The van der Waals surface area contributed by atoms with E-state index in [4.69, 9.17) is 4.99 Å². The number of halogens is 3. The standard InChI is InChI=1S/C24H23F3N4S/c1-14-12-17(16(3)31(14)20-10-5-4-8-18(20)24(25,26)27)22-21(19-9-6-7-11-28-19)29-23-30(22)13-15(2)32-23/h4-12,15,21-22H,13H2,1-3H3. The van der Waals surface area contributed by atoms with Gasteiger partial charge in [-0.15, -0.1) is 0 Å². The van der Waals surface area contributed by atoms with Crippen LogP contribution in [0.1, 0.15) is 47.2 Å². The molecule has 3 aromatic rings. The van der Waals surface area contributed by atoms with Crippen LogP contribution in [0.5, 0.6) is 0 Å². The highest BCUT2D eigenvalue weighted by Crippen LogP contribution is 2.49. The SMILES string of the molecule is Cc1cc(C2C(c3ccccn3)N=C3SC(C)CN32)c(C)n1-c1ccccc1C(F)(F)F. The molecule has 4 heterocycles. The van der Waals surface area contributed by atoms with Gasteiger partial charge in [0, 0.05) is 29.4 Å². The van der Waals surface area contributed by atoms with Crippen molar-refractivity contribution in [3.05, 3.63) is 82.9 Å². The minimum Gasteiger partial charge on any atom is -0.341 e. The van der Waals surface area contributed by atoms with Crippen LogP contribution in [-0.2, 0) is 6.18 Å². The molecule has 1 aromatic carbocycles. The van der Waals surface area contributed by atoms with Crippen LogP contribution in [0.4, 0.5) is 13.2 Å². The monoisotopic (exact) mass is 456 g/mol. The number of aromatic nitrogens is 2. The highest BCUT2D eigenvalue weighted by molar-refractivity contribution is 8.14. The summed E-state index contributed by atoms with van der Waals surface area (Å²) in [6.07, 6.45) is -2.67. The van der Waals surface area contributed by atoms with E-state index < -0.39 is 11.7 Å². The van der Waals surface area contributed by atoms with Gasteiger partial charge in [-0.3, -0.25) is 9.98 Å². The average Bonchev–Trinajstić information content (AvgIpc) is 3.37. The second-order valence-corrected chi connectivity index (χ2v) is 9.72. The molecule has 0 aliphatic carbocycles. The van der Waals surface area contributed by atoms with Crippen LogP contribution in [0.2, 0.25) is 0 Å². The summed E-state index contributed by atoms with van der Waals surface area (Å²) in [5.74, 6) is 0. The lowest BCUT2D eigenvalue weighted by Gasteiger charge is -2.27. The predicted octanol–water partition coefficient (Wildman–Crippen LogP) is 6.10. The first-order valence-corrected chi connectivity index (χ1v) is 11.4. The Morgan fingerprint density at radius 2 is 1.81 bits per heavy atom. The van der Waals surface area contributed by atoms with E-state index in [1.807, 2.05) is 38.1 Å². The minimum atomic E-state index is -4.43. The van der Waals surface area contributed by atoms with Crippen LogP contribution in [0.15, 0.2) is 59.7 Å². The maximum Gasteiger partial charge on any atom is 0.418 e. The van der Waals surface area contributed by atoms with Crippen LogP contribution < -0.4 is 0 Å². The second-order valence-electron chi connectivity index (χ2n) is 8.31. The van der Waals surface area contributed by atoms with E-state index in [1.165, 1.54) is 12.1 Å². The van der Waals surface area contributed by atoms with Crippen molar-refractivity contribution in [2.24, 2.45) is 4.99 Å². The number of alkyl halides is 3. The molecular formula is C24H23F3N4S. The number of fused-ring (bicyclic) bond motifs is 1. The number of rotatable bonds is 3. The van der Waals surface area contributed by atoms with Gasteiger partial charge < -0.3 is 9.47 Å². The molecule has 3 atom stereocenters. The molecule has 0 saturated carbocycles. The van der Waals surface area contributed by atoms with Crippen LogP contribution in [0.25, 0.3) is 5.69 Å². The fourth-order valence-corrected chi connectivity index (χ4v) is 5.91. The maximum absolute atomic E-state index is 13.8. The molecule has 2 aliphatic rings. The molecule has 0 N–H and O–H groups in total. The van der Waals surface area contributed by atoms with Gasteiger partial charge in [-0.25, -0.2) is 0 Å². The zero-order valence-electron chi connectivity index (χ0n) is 18.0. The summed E-state index contributed by atoms with van der Waals surface area (Å²) in [7, 11) is 0. The molecule has 166 valence electrons. The largest absolute Gasteiger partial charge is 0.418 e. The zero-order chi connectivity index (χ0) is 22.6. The molecule has 1 saturated heterocycles. The first kappa shape index (κ1) is 21.1. The molecule has 8 heteroatoms. The summed E-state index contributed by atoms with van der Waals surface area (Å²) in [5.41, 5.74) is 2.94. The van der Waals surface area contributed by atoms with Gasteiger partial charge >= 0.3 is 6.18 Å². The van der Waals surface area contributed by atoms with Crippen molar-refractivity contribution in [3.63, 3.8) is 0 Å². The van der Waals surface area contributed by atoms with E-state index in [0.717, 1.165) is 40.4 Å². The molecule has 4 nitrogen and oxygen atoms in total. The summed E-state index contributed by atoms with van der Waals surface area (Å²) in [6, 6.07) is 13.3. The van der Waals surface area contributed by atoms with Gasteiger partial charge in [-0.2, -0.15) is 13.2 Å². The Bertz CT molecular complexity index is 1190. The number of nitrogens with zero attached hydrogens (tertiary/aromatic N) is 4. The highest BCUT2D eigenvalue weighted by atomic mass is 32.2. The van der Waals surface area contributed by atoms with E-state index in [-0.39, 0.29) is 17.8 Å². The van der Waals surface area contributed by atoms with Crippen LogP contribution in [-0.4, -0.2) is 31.4 Å². The molecule has 5 rings (SSSR count). The number of aliphatic imine (C=N–C) groups is 1. The maximum atomic E-state index is 13.8. The van der Waals surface area contributed by atoms with Gasteiger partial charge in [-0.1, -0.05) is 36.9 Å². The molecule has 0 radical (unpaired) electrons. The topological polar surface area (TPSA) is 33.4 Å². The van der Waals surface area contributed by atoms with Gasteiger partial charge in [-0.05, 0) is 49.7 Å². The lowest BCUT2D eigenvalue weighted by atomic mass is 9.96. The summed E-state index contributed by atoms with van der Waals surface area (Å²) in [6.45, 7) is 6.77. The molecule has 0 amide bonds. The van der Waals surface area contributed by atoms with E-state index in [2.05, 4.69) is 16.8 Å². The van der Waals surface area contributed by atoms with E-state index in [9.17, 15) is 13.2 Å². The van der Waals surface area contributed by atoms with Crippen molar-refractivity contribution in [1.82, 2.24) is 14.5 Å². The fourth-order valence-electron chi connectivity index (χ4n) is 4.82. The van der Waals surface area contributed by atoms with Gasteiger partial charge in [0.2, 0.25) is 0 Å². The molecule has 0 bridgehead atoms. The van der Waals surface area contributed by atoms with Crippen molar-refractivity contribution in [3.8, 4) is 5.69 Å². The minimum absolute atomic E-state index is 0.102. The van der Waals surface area contributed by atoms with Crippen LogP contribution in [0.3, 0.4) is 0 Å². The third kappa shape index (κ3) is 3.41. The summed E-state index contributed by atoms with van der Waals surface area (Å²) < 4.78 is 43.0. The van der Waals surface area contributed by atoms with Crippen molar-refractivity contribution in [2.45, 2.75) is 44.3 Å². The van der Waals surface area contributed by atoms with Gasteiger partial charge in [0.25, 0.3) is 0 Å². The average molecular weight is 457 g/mol. The van der Waals surface area contributed by atoms with Crippen molar-refractivity contribution in [2.75, 3.05) is 6.54 Å². The summed E-state index contributed by atoms with van der Waals surface area (Å²) >= 11 is 1.74. The summed E-state index contributed by atoms with van der Waals surface area (Å²) in [4.78, 5) is 11.8. The highest BCUT2D eigenvalue weighted by Gasteiger charge is 2.45. The Kier molecular flexibility index (Phi) is 5.08. The first-order valence-electron chi connectivity index (χ1n) is 10.5. The van der Waals surface area contributed by atoms with E-state index >= 15 is 0 Å². The Labute approximate surface area is 189 Å². The van der Waals surface area contributed by atoms with Crippen LogP contribution >= 0.6 is 11.8 Å². The summed E-state index contributed by atoms with van der Waals surface area (Å²) in [5, 5.41) is 1.40. The molecule has 32 heavy (non-hydrogen) atoms. The lowest BCUT2D eigenvalue weighted by Crippen LogP contribution is -2.29. The Morgan fingerprint density at radius 1 is 1.06 bits per heavy atom. The smallest absolute Gasteiger partial charge is 0.341 e. The number of pyridine rings is 1. The molecule has 2 aromatic heterocycles. The van der Waals surface area contributed by atoms with Gasteiger partial charge in [0.1, 0.15) is 6.04 Å². The van der Waals surface area contributed by atoms with Crippen molar-refractivity contribution >= 4 is 16.9 Å². The fraction of sp³-hybridized carbons (Fsp3) is 0.333. The number of para-hydroxylation sites is 1. The first-order chi connectivity index (χ1) is 15.3. The van der Waals surface area contributed by atoms with Crippen molar-refractivity contribution < 1.29 is 13.2 Å². The Morgan fingerprint density at radius 3 is 2.53 bits per heavy atom.